The Balaban J connectivity index is 1.56. The number of amides is 2. The van der Waals surface area contributed by atoms with E-state index >= 15 is 0 Å². The number of furan rings is 1. The van der Waals surface area contributed by atoms with Crippen LogP contribution in [0.1, 0.15) is 44.3 Å². The van der Waals surface area contributed by atoms with E-state index < -0.39 is 0 Å². The van der Waals surface area contributed by atoms with Gasteiger partial charge in [-0.15, -0.1) is 0 Å². The Morgan fingerprint density at radius 3 is 2.86 bits per heavy atom. The van der Waals surface area contributed by atoms with Crippen molar-refractivity contribution in [3.8, 4) is 0 Å². The standard InChI is InChI=1S/C16H22N2O3/c19-15-8-7-14(18(15)11-13-6-3-9-21-13)16(20)17-10-12-4-1-2-5-12/h3,6,9,12,14H,1-2,4-5,7-8,10-11H2,(H,17,20)/t14-/m1/s1. The molecule has 1 saturated carbocycles. The maximum atomic E-state index is 12.4. The monoisotopic (exact) mass is 290 g/mol. The van der Waals surface area contributed by atoms with E-state index in [0.717, 1.165) is 12.3 Å². The molecule has 0 unspecified atom stereocenters. The predicted molar refractivity (Wildman–Crippen MR) is 77.2 cm³/mol. The minimum atomic E-state index is -0.344. The SMILES string of the molecule is O=C(NCC1CCCC1)[C@H]1CCC(=O)N1Cc1ccco1. The van der Waals surface area contributed by atoms with Crippen molar-refractivity contribution in [2.45, 2.75) is 51.1 Å². The fraction of sp³-hybridized carbons (Fsp3) is 0.625. The van der Waals surface area contributed by atoms with Crippen LogP contribution in [0, 0.1) is 5.92 Å². The molecule has 114 valence electrons. The van der Waals surface area contributed by atoms with Crippen molar-refractivity contribution >= 4 is 11.8 Å². The summed E-state index contributed by atoms with van der Waals surface area (Å²) in [6, 6.07) is 3.29. The number of hydrogen-bond acceptors (Lipinski definition) is 3. The summed E-state index contributed by atoms with van der Waals surface area (Å²) in [5.74, 6) is 1.36. The van der Waals surface area contributed by atoms with Crippen LogP contribution in [0.4, 0.5) is 0 Å². The Labute approximate surface area is 124 Å². The van der Waals surface area contributed by atoms with Crippen molar-refractivity contribution in [2.75, 3.05) is 6.54 Å². The summed E-state index contributed by atoms with van der Waals surface area (Å²) in [7, 11) is 0. The lowest BCUT2D eigenvalue weighted by molar-refractivity contribution is -0.136. The van der Waals surface area contributed by atoms with Crippen LogP contribution in [-0.2, 0) is 16.1 Å². The van der Waals surface area contributed by atoms with Crippen LogP contribution in [0.15, 0.2) is 22.8 Å². The Morgan fingerprint density at radius 2 is 2.14 bits per heavy atom. The van der Waals surface area contributed by atoms with Crippen molar-refractivity contribution in [3.63, 3.8) is 0 Å². The Hall–Kier alpha value is -1.78. The highest BCUT2D eigenvalue weighted by atomic mass is 16.3. The normalized spacial score (nSPS) is 23.0. The van der Waals surface area contributed by atoms with E-state index in [4.69, 9.17) is 4.42 Å². The average Bonchev–Trinajstić information content (AvgIpc) is 3.21. The molecule has 0 bridgehead atoms. The maximum Gasteiger partial charge on any atom is 0.242 e. The van der Waals surface area contributed by atoms with Gasteiger partial charge in [-0.25, -0.2) is 0 Å². The van der Waals surface area contributed by atoms with Gasteiger partial charge in [0.1, 0.15) is 11.8 Å². The highest BCUT2D eigenvalue weighted by Gasteiger charge is 2.36. The van der Waals surface area contributed by atoms with Gasteiger partial charge in [-0.2, -0.15) is 0 Å². The topological polar surface area (TPSA) is 62.6 Å². The largest absolute Gasteiger partial charge is 0.467 e. The summed E-state index contributed by atoms with van der Waals surface area (Å²) >= 11 is 0. The van der Waals surface area contributed by atoms with Crippen LogP contribution in [-0.4, -0.2) is 29.3 Å². The number of carbonyl (C=O) groups excluding carboxylic acids is 2. The van der Waals surface area contributed by atoms with Gasteiger partial charge in [-0.3, -0.25) is 9.59 Å². The van der Waals surface area contributed by atoms with Gasteiger partial charge in [0.15, 0.2) is 0 Å². The summed E-state index contributed by atoms with van der Waals surface area (Å²) in [5, 5.41) is 3.03. The number of nitrogens with zero attached hydrogens (tertiary/aromatic N) is 1. The Morgan fingerprint density at radius 1 is 1.33 bits per heavy atom. The molecule has 5 heteroatoms. The van der Waals surface area contributed by atoms with Crippen molar-refractivity contribution in [3.05, 3.63) is 24.2 Å². The van der Waals surface area contributed by atoms with E-state index in [9.17, 15) is 9.59 Å². The number of hydrogen-bond donors (Lipinski definition) is 1. The van der Waals surface area contributed by atoms with Crippen LogP contribution < -0.4 is 5.32 Å². The van der Waals surface area contributed by atoms with Gasteiger partial charge < -0.3 is 14.6 Å². The molecule has 1 atom stereocenters. The second-order valence-corrected chi connectivity index (χ2v) is 6.05. The summed E-state index contributed by atoms with van der Waals surface area (Å²) in [6.07, 6.45) is 7.60. The molecule has 1 saturated heterocycles. The fourth-order valence-electron chi connectivity index (χ4n) is 3.35. The lowest BCUT2D eigenvalue weighted by Crippen LogP contribution is -2.45. The van der Waals surface area contributed by atoms with Crippen LogP contribution in [0.3, 0.4) is 0 Å². The zero-order valence-electron chi connectivity index (χ0n) is 12.2. The molecule has 1 aromatic heterocycles. The summed E-state index contributed by atoms with van der Waals surface area (Å²) in [4.78, 5) is 26.0. The van der Waals surface area contributed by atoms with Gasteiger partial charge in [0, 0.05) is 13.0 Å². The van der Waals surface area contributed by atoms with Crippen molar-refractivity contribution < 1.29 is 14.0 Å². The van der Waals surface area contributed by atoms with Crippen molar-refractivity contribution in [1.29, 1.82) is 0 Å². The second-order valence-electron chi connectivity index (χ2n) is 6.05. The zero-order valence-corrected chi connectivity index (χ0v) is 12.2. The van der Waals surface area contributed by atoms with E-state index in [0.29, 0.717) is 25.3 Å². The molecule has 2 fully saturated rings. The molecule has 21 heavy (non-hydrogen) atoms. The molecule has 1 aromatic rings. The molecule has 2 amide bonds. The quantitative estimate of drug-likeness (QED) is 0.903. The lowest BCUT2D eigenvalue weighted by atomic mass is 10.1. The van der Waals surface area contributed by atoms with E-state index in [-0.39, 0.29) is 17.9 Å². The highest BCUT2D eigenvalue weighted by Crippen LogP contribution is 2.25. The second kappa shape index (κ2) is 6.33. The third-order valence-corrected chi connectivity index (χ3v) is 4.58. The van der Waals surface area contributed by atoms with E-state index in [1.165, 1.54) is 25.7 Å². The van der Waals surface area contributed by atoms with E-state index in [1.54, 1.807) is 17.2 Å². The highest BCUT2D eigenvalue weighted by molar-refractivity contribution is 5.90. The Kier molecular flexibility index (Phi) is 4.27. The molecule has 1 aliphatic heterocycles. The van der Waals surface area contributed by atoms with Gasteiger partial charge in [-0.1, -0.05) is 12.8 Å². The molecule has 0 radical (unpaired) electrons. The first-order valence-corrected chi connectivity index (χ1v) is 7.83. The van der Waals surface area contributed by atoms with Crippen molar-refractivity contribution in [2.24, 2.45) is 5.92 Å². The van der Waals surface area contributed by atoms with Crippen molar-refractivity contribution in [1.82, 2.24) is 10.2 Å². The summed E-state index contributed by atoms with van der Waals surface area (Å²) < 4.78 is 5.29. The van der Waals surface area contributed by atoms with E-state index in [1.807, 2.05) is 6.07 Å². The molecular weight excluding hydrogens is 268 g/mol. The smallest absolute Gasteiger partial charge is 0.242 e. The fourth-order valence-corrected chi connectivity index (χ4v) is 3.35. The van der Waals surface area contributed by atoms with Gasteiger partial charge in [0.25, 0.3) is 0 Å². The van der Waals surface area contributed by atoms with Crippen LogP contribution in [0.2, 0.25) is 0 Å². The molecule has 1 aliphatic carbocycles. The molecule has 1 N–H and O–H groups in total. The number of rotatable bonds is 5. The van der Waals surface area contributed by atoms with Gasteiger partial charge in [0.05, 0.1) is 12.8 Å². The minimum absolute atomic E-state index is 0.0145. The van der Waals surface area contributed by atoms with Crippen LogP contribution >= 0.6 is 0 Å². The number of nitrogens with one attached hydrogen (secondary N) is 1. The van der Waals surface area contributed by atoms with Gasteiger partial charge in [-0.05, 0) is 37.3 Å². The molecule has 3 rings (SSSR count). The molecule has 2 aliphatic rings. The van der Waals surface area contributed by atoms with Crippen LogP contribution in [0.5, 0.6) is 0 Å². The average molecular weight is 290 g/mol. The third-order valence-electron chi connectivity index (χ3n) is 4.58. The predicted octanol–water partition coefficient (Wildman–Crippen LogP) is 2.08. The first-order valence-electron chi connectivity index (χ1n) is 7.83. The Bertz CT molecular complexity index is 492. The van der Waals surface area contributed by atoms with Crippen LogP contribution in [0.25, 0.3) is 0 Å². The first kappa shape index (κ1) is 14.2. The molecular formula is C16H22N2O3. The minimum Gasteiger partial charge on any atom is -0.467 e. The number of carbonyl (C=O) groups is 2. The molecule has 0 aromatic carbocycles. The lowest BCUT2D eigenvalue weighted by Gasteiger charge is -2.23. The van der Waals surface area contributed by atoms with Gasteiger partial charge >= 0.3 is 0 Å². The molecule has 5 nitrogen and oxygen atoms in total. The number of likely N-dealkylation sites (tertiary alicyclic amines) is 1. The molecule has 2 heterocycles. The van der Waals surface area contributed by atoms with Gasteiger partial charge in [0.2, 0.25) is 11.8 Å². The molecule has 0 spiro atoms. The third kappa shape index (κ3) is 3.28. The van der Waals surface area contributed by atoms with E-state index in [2.05, 4.69) is 5.32 Å². The summed E-state index contributed by atoms with van der Waals surface area (Å²) in [6.45, 7) is 1.13. The summed E-state index contributed by atoms with van der Waals surface area (Å²) in [5.41, 5.74) is 0. The maximum absolute atomic E-state index is 12.4. The first-order chi connectivity index (χ1) is 10.2. The zero-order chi connectivity index (χ0) is 14.7.